The molecule has 0 aliphatic heterocycles. The van der Waals surface area contributed by atoms with Crippen LogP contribution in [0.2, 0.25) is 0 Å². The minimum atomic E-state index is 0. The molecule has 0 atom stereocenters. The third kappa shape index (κ3) is 18.9. The van der Waals surface area contributed by atoms with Crippen molar-refractivity contribution in [1.29, 1.82) is 0 Å². The van der Waals surface area contributed by atoms with Crippen molar-refractivity contribution in [3.05, 3.63) is 13.8 Å². The molecule has 0 amide bonds. The molecule has 0 aromatic rings. The van der Waals surface area contributed by atoms with Gasteiger partial charge < -0.3 is 23.4 Å². The molecule has 0 fully saturated rings. The van der Waals surface area contributed by atoms with Crippen molar-refractivity contribution in [2.45, 2.75) is 27.7 Å². The molecule has 0 aliphatic carbocycles. The summed E-state index contributed by atoms with van der Waals surface area (Å²) in [4.78, 5) is 20.1. The summed E-state index contributed by atoms with van der Waals surface area (Å²) in [5.74, 6) is 0.222. The van der Waals surface area contributed by atoms with Gasteiger partial charge in [-0.15, -0.1) is 0 Å². The van der Waals surface area contributed by atoms with Crippen LogP contribution in [0.1, 0.15) is 27.7 Å². The van der Waals surface area contributed by atoms with Crippen molar-refractivity contribution < 1.29 is 42.3 Å². The zero-order chi connectivity index (χ0) is 10.3. The van der Waals surface area contributed by atoms with E-state index in [4.69, 9.17) is 0 Å². The summed E-state index contributed by atoms with van der Waals surface area (Å²) in [5.41, 5.74) is 0. The first-order chi connectivity index (χ1) is 5.29. The maximum absolute atomic E-state index is 10.0. The number of carbonyl (C=O) groups is 2. The van der Waals surface area contributed by atoms with Crippen LogP contribution in [0.4, 0.5) is 0 Å². The summed E-state index contributed by atoms with van der Waals surface area (Å²) >= 11 is 0. The Balaban J connectivity index is -0.000000143. The molecule has 1 radical (unpaired) electrons. The maximum atomic E-state index is 10.0. The molecule has 0 aliphatic rings. The van der Waals surface area contributed by atoms with Crippen LogP contribution in [0, 0.1) is 25.7 Å². The Labute approximate surface area is 107 Å². The fourth-order valence-corrected chi connectivity index (χ4v) is 0. The van der Waals surface area contributed by atoms with E-state index in [1.165, 1.54) is 0 Å². The van der Waals surface area contributed by atoms with Crippen LogP contribution in [0.3, 0.4) is 0 Å². The molecule has 0 aromatic heterocycles. The van der Waals surface area contributed by atoms with E-state index in [2.05, 4.69) is 13.8 Å². The summed E-state index contributed by atoms with van der Waals surface area (Å²) in [6.45, 7) is 13.7. The van der Waals surface area contributed by atoms with E-state index in [0.717, 1.165) is 0 Å². The molecule has 13 heavy (non-hydrogen) atoms. The van der Waals surface area contributed by atoms with E-state index in [0.29, 0.717) is 0 Å². The molecule has 0 spiro atoms. The predicted molar refractivity (Wildman–Crippen MR) is 50.4 cm³/mol. The Morgan fingerprint density at radius 2 is 0.923 bits per heavy atom. The van der Waals surface area contributed by atoms with Crippen molar-refractivity contribution in [2.24, 2.45) is 11.8 Å². The van der Waals surface area contributed by atoms with Gasteiger partial charge in [0.15, 0.2) is 0 Å². The van der Waals surface area contributed by atoms with Gasteiger partial charge in [-0.3, -0.25) is 0 Å². The first-order valence-electron chi connectivity index (χ1n) is 4.00. The summed E-state index contributed by atoms with van der Waals surface area (Å²) in [6.07, 6.45) is 0. The summed E-state index contributed by atoms with van der Waals surface area (Å²) in [5, 5.41) is 0. The van der Waals surface area contributed by atoms with E-state index in [1.54, 1.807) is 0 Å². The number of hydrogen-bond donors (Lipinski definition) is 0. The van der Waals surface area contributed by atoms with Crippen molar-refractivity contribution in [2.75, 3.05) is 0 Å². The molecule has 0 bridgehead atoms. The normalized spacial score (nSPS) is 8.46. The van der Waals surface area contributed by atoms with Crippen LogP contribution >= 0.6 is 0 Å². The van der Waals surface area contributed by atoms with E-state index in [-0.39, 0.29) is 56.1 Å². The Kier molecular flexibility index (Phi) is 14.9. The second-order valence-electron chi connectivity index (χ2n) is 3.24. The zero-order valence-corrected chi connectivity index (χ0v) is 11.8. The number of carbonyl (C=O) groups excluding carboxylic acids is 2. The second kappa shape index (κ2) is 10.3. The van der Waals surface area contributed by atoms with Crippen LogP contribution in [-0.4, -0.2) is 11.6 Å². The molecule has 75 valence electrons. The molecule has 0 saturated heterocycles. The SMILES string of the molecule is [CH2-]C(=O)C(C)C.[CH2-]C(=O)C(C)C.[Y]. The van der Waals surface area contributed by atoms with E-state index in [9.17, 15) is 9.59 Å². The predicted octanol–water partition coefficient (Wildman–Crippen LogP) is 2.09. The molecule has 2 nitrogen and oxygen atoms in total. The third-order valence-corrected chi connectivity index (χ3v) is 1.29. The summed E-state index contributed by atoms with van der Waals surface area (Å²) < 4.78 is 0. The quantitative estimate of drug-likeness (QED) is 0.711. The van der Waals surface area contributed by atoms with E-state index < -0.39 is 0 Å². The molecular formula is C10H18O2Y-2. The van der Waals surface area contributed by atoms with Crippen LogP contribution in [0.5, 0.6) is 0 Å². The molecule has 0 heterocycles. The maximum Gasteiger partial charge on any atom is 0 e. The van der Waals surface area contributed by atoms with Gasteiger partial charge in [0.25, 0.3) is 0 Å². The largest absolute Gasteiger partial charge is 0.339 e. The molecule has 3 heteroatoms. The van der Waals surface area contributed by atoms with Crippen molar-refractivity contribution in [1.82, 2.24) is 0 Å². The molecular weight excluding hydrogens is 241 g/mol. The molecule has 0 unspecified atom stereocenters. The first kappa shape index (κ1) is 18.9. The van der Waals surface area contributed by atoms with Crippen LogP contribution in [0.15, 0.2) is 0 Å². The smallest absolute Gasteiger partial charge is 0 e. The van der Waals surface area contributed by atoms with Gasteiger partial charge in [0.05, 0.1) is 0 Å². The van der Waals surface area contributed by atoms with E-state index in [1.807, 2.05) is 27.7 Å². The van der Waals surface area contributed by atoms with Crippen molar-refractivity contribution in [3.63, 3.8) is 0 Å². The number of Topliss-reactive ketones (excluding diaryl/α,β-unsaturated/α-hetero) is 2. The fourth-order valence-electron chi connectivity index (χ4n) is 0. The van der Waals surface area contributed by atoms with Gasteiger partial charge in [0.2, 0.25) is 0 Å². The van der Waals surface area contributed by atoms with Gasteiger partial charge in [-0.05, 0) is 23.4 Å². The van der Waals surface area contributed by atoms with Crippen LogP contribution < -0.4 is 0 Å². The van der Waals surface area contributed by atoms with Gasteiger partial charge >= 0.3 is 0 Å². The average molecular weight is 259 g/mol. The minimum Gasteiger partial charge on any atom is -0.339 e. The molecule has 0 aromatic carbocycles. The standard InChI is InChI=1S/2C5H9O.Y/c2*1-4(2)5(3)6;/h2*4H,3H2,1-2H3;/q2*-1;. The molecule has 0 N–H and O–H groups in total. The number of rotatable bonds is 2. The Hall–Kier alpha value is 0.184. The summed E-state index contributed by atoms with van der Waals surface area (Å²) in [6, 6.07) is 0. The molecule has 0 saturated carbocycles. The summed E-state index contributed by atoms with van der Waals surface area (Å²) in [7, 11) is 0. The fraction of sp³-hybridized carbons (Fsp3) is 0.600. The Bertz CT molecular complexity index is 133. The number of ketones is 2. The van der Waals surface area contributed by atoms with Gasteiger partial charge in [-0.1, -0.05) is 27.7 Å². The number of hydrogen-bond acceptors (Lipinski definition) is 2. The van der Waals surface area contributed by atoms with Crippen molar-refractivity contribution in [3.8, 4) is 0 Å². The van der Waals surface area contributed by atoms with Gasteiger partial charge in [0, 0.05) is 32.7 Å². The van der Waals surface area contributed by atoms with Gasteiger partial charge in [-0.2, -0.15) is 0 Å². The molecule has 0 rings (SSSR count). The Morgan fingerprint density at radius 1 is 0.846 bits per heavy atom. The van der Waals surface area contributed by atoms with E-state index >= 15 is 0 Å². The average Bonchev–Trinajstić information content (AvgIpc) is 1.88. The van der Waals surface area contributed by atoms with Crippen LogP contribution in [-0.2, 0) is 42.3 Å². The third-order valence-electron chi connectivity index (χ3n) is 1.29. The topological polar surface area (TPSA) is 34.1 Å². The monoisotopic (exact) mass is 259 g/mol. The minimum absolute atomic E-state index is 0. The Morgan fingerprint density at radius 3 is 0.923 bits per heavy atom. The van der Waals surface area contributed by atoms with Gasteiger partial charge in [0.1, 0.15) is 0 Å². The van der Waals surface area contributed by atoms with Crippen LogP contribution in [0.25, 0.3) is 0 Å². The first-order valence-corrected chi connectivity index (χ1v) is 4.00. The zero-order valence-electron chi connectivity index (χ0n) is 8.96. The second-order valence-corrected chi connectivity index (χ2v) is 3.24. The van der Waals surface area contributed by atoms with Crippen molar-refractivity contribution >= 4 is 11.6 Å². The van der Waals surface area contributed by atoms with Gasteiger partial charge in [-0.25, -0.2) is 0 Å².